The lowest BCUT2D eigenvalue weighted by Gasteiger charge is -2.14. The number of carbonyl (C=O) groups is 2. The third kappa shape index (κ3) is 7.36. The highest BCUT2D eigenvalue weighted by Gasteiger charge is 2.21. The summed E-state index contributed by atoms with van der Waals surface area (Å²) < 4.78 is 12.9. The van der Waals surface area contributed by atoms with E-state index in [2.05, 4.69) is 47.7 Å². The number of nitrogens with one attached hydrogen (secondary N) is 2. The maximum absolute atomic E-state index is 12.3. The number of carbonyl (C=O) groups excluding carboxylic acids is 2. The van der Waals surface area contributed by atoms with Gasteiger partial charge in [0.2, 0.25) is 5.91 Å². The van der Waals surface area contributed by atoms with Crippen molar-refractivity contribution in [2.24, 2.45) is 11.0 Å². The highest BCUT2D eigenvalue weighted by atomic mass is 79.9. The number of amides is 2. The Hall–Kier alpha value is -2.39. The van der Waals surface area contributed by atoms with Gasteiger partial charge in [-0.15, -0.1) is 0 Å². The number of hydrogen-bond acceptors (Lipinski definition) is 5. The van der Waals surface area contributed by atoms with Crippen molar-refractivity contribution in [3.05, 3.63) is 50.9 Å². The van der Waals surface area contributed by atoms with Crippen LogP contribution in [0, 0.1) is 5.92 Å². The summed E-state index contributed by atoms with van der Waals surface area (Å²) in [5.41, 5.74) is 3.69. The third-order valence-corrected chi connectivity index (χ3v) is 5.37. The summed E-state index contributed by atoms with van der Waals surface area (Å²) in [6, 6.07) is 10.8. The van der Waals surface area contributed by atoms with Crippen LogP contribution < -0.4 is 20.2 Å². The highest BCUT2D eigenvalue weighted by Crippen LogP contribution is 2.36. The van der Waals surface area contributed by atoms with Crippen molar-refractivity contribution < 1.29 is 19.1 Å². The predicted molar refractivity (Wildman–Crippen MR) is 129 cm³/mol. The minimum Gasteiger partial charge on any atom is -0.490 e. The normalized spacial score (nSPS) is 11.8. The summed E-state index contributed by atoms with van der Waals surface area (Å²) in [6.07, 6.45) is 2.35. The molecular formula is C22H25Br2N3O4. The number of benzene rings is 2. The van der Waals surface area contributed by atoms with E-state index in [0.717, 1.165) is 15.4 Å². The first-order chi connectivity index (χ1) is 14.9. The van der Waals surface area contributed by atoms with E-state index in [1.807, 2.05) is 26.0 Å². The van der Waals surface area contributed by atoms with E-state index in [-0.39, 0.29) is 0 Å². The number of halogens is 2. The van der Waals surface area contributed by atoms with Crippen LogP contribution in [0.5, 0.6) is 11.5 Å². The second-order valence-corrected chi connectivity index (χ2v) is 8.25. The van der Waals surface area contributed by atoms with Gasteiger partial charge >= 0.3 is 0 Å². The van der Waals surface area contributed by atoms with Crippen LogP contribution in [0.15, 0.2) is 50.4 Å². The van der Waals surface area contributed by atoms with Crippen LogP contribution in [-0.4, -0.2) is 31.2 Å². The van der Waals surface area contributed by atoms with Gasteiger partial charge < -0.3 is 14.8 Å². The van der Waals surface area contributed by atoms with Crippen LogP contribution in [-0.2, 0) is 9.59 Å². The zero-order valence-corrected chi connectivity index (χ0v) is 20.7. The molecule has 0 fully saturated rings. The van der Waals surface area contributed by atoms with Crippen molar-refractivity contribution in [3.63, 3.8) is 0 Å². The highest BCUT2D eigenvalue weighted by molar-refractivity contribution is 9.11. The molecule has 2 rings (SSSR count). The molecule has 0 saturated heterocycles. The zero-order chi connectivity index (χ0) is 22.8. The third-order valence-electron chi connectivity index (χ3n) is 4.09. The summed E-state index contributed by atoms with van der Waals surface area (Å²) in [7, 11) is 0. The SMILES string of the molecule is CCCOc1c(Br)cc(C=NNC(=O)C(C)C(=O)Nc2ccccc2Br)cc1OCC. The monoisotopic (exact) mass is 553 g/mol. The lowest BCUT2D eigenvalue weighted by molar-refractivity contribution is -0.131. The number of rotatable bonds is 10. The van der Waals surface area contributed by atoms with Gasteiger partial charge in [0.25, 0.3) is 5.91 Å². The number of nitrogens with zero attached hydrogens (tertiary/aromatic N) is 1. The Morgan fingerprint density at radius 1 is 1.10 bits per heavy atom. The first kappa shape index (κ1) is 24.9. The Bertz CT molecular complexity index is 950. The van der Waals surface area contributed by atoms with Gasteiger partial charge in [-0.2, -0.15) is 5.10 Å². The maximum Gasteiger partial charge on any atom is 0.252 e. The summed E-state index contributed by atoms with van der Waals surface area (Å²) >= 11 is 6.85. The fourth-order valence-electron chi connectivity index (χ4n) is 2.46. The average molecular weight is 555 g/mol. The van der Waals surface area contributed by atoms with Gasteiger partial charge in [-0.1, -0.05) is 19.1 Å². The summed E-state index contributed by atoms with van der Waals surface area (Å²) in [5.74, 6) is -0.674. The average Bonchev–Trinajstić information content (AvgIpc) is 2.74. The van der Waals surface area contributed by atoms with E-state index < -0.39 is 17.7 Å². The second kappa shape index (κ2) is 12.5. The first-order valence-corrected chi connectivity index (χ1v) is 11.4. The molecule has 1 unspecified atom stereocenters. The molecule has 2 aromatic carbocycles. The molecule has 31 heavy (non-hydrogen) atoms. The van der Waals surface area contributed by atoms with Crippen LogP contribution in [0.3, 0.4) is 0 Å². The van der Waals surface area contributed by atoms with Gasteiger partial charge in [0, 0.05) is 4.47 Å². The Kier molecular flexibility index (Phi) is 10.00. The van der Waals surface area contributed by atoms with E-state index in [1.54, 1.807) is 24.3 Å². The van der Waals surface area contributed by atoms with Crippen LogP contribution >= 0.6 is 31.9 Å². The molecule has 0 saturated carbocycles. The van der Waals surface area contributed by atoms with Crippen molar-refractivity contribution in [2.45, 2.75) is 27.2 Å². The smallest absolute Gasteiger partial charge is 0.252 e. The van der Waals surface area contributed by atoms with Gasteiger partial charge in [-0.25, -0.2) is 5.43 Å². The minimum absolute atomic E-state index is 0.432. The molecule has 2 aromatic rings. The molecule has 0 spiro atoms. The number of hydrogen-bond donors (Lipinski definition) is 2. The topological polar surface area (TPSA) is 89.0 Å². The van der Waals surface area contributed by atoms with Gasteiger partial charge in [-0.05, 0) is 82.0 Å². The molecule has 0 aromatic heterocycles. The largest absolute Gasteiger partial charge is 0.490 e. The van der Waals surface area contributed by atoms with Crippen molar-refractivity contribution in [1.29, 1.82) is 0 Å². The Morgan fingerprint density at radius 2 is 1.84 bits per heavy atom. The summed E-state index contributed by atoms with van der Waals surface area (Å²) in [5, 5.41) is 6.69. The van der Waals surface area contributed by atoms with Gasteiger partial charge in [0.15, 0.2) is 11.5 Å². The summed E-state index contributed by atoms with van der Waals surface area (Å²) in [4.78, 5) is 24.7. The lowest BCUT2D eigenvalue weighted by Crippen LogP contribution is -2.34. The molecule has 166 valence electrons. The quantitative estimate of drug-likeness (QED) is 0.242. The molecular weight excluding hydrogens is 530 g/mol. The molecule has 1 atom stereocenters. The molecule has 0 aliphatic heterocycles. The van der Waals surface area contributed by atoms with E-state index in [4.69, 9.17) is 9.47 Å². The minimum atomic E-state index is -0.931. The van der Waals surface area contributed by atoms with Crippen molar-refractivity contribution in [3.8, 4) is 11.5 Å². The van der Waals surface area contributed by atoms with Crippen molar-refractivity contribution in [2.75, 3.05) is 18.5 Å². The van der Waals surface area contributed by atoms with Crippen molar-refractivity contribution in [1.82, 2.24) is 5.43 Å². The fraction of sp³-hybridized carbons (Fsp3) is 0.318. The molecule has 0 radical (unpaired) electrons. The number of anilines is 1. The van der Waals surface area contributed by atoms with Crippen molar-refractivity contribution >= 4 is 55.6 Å². The molecule has 0 bridgehead atoms. The second-order valence-electron chi connectivity index (χ2n) is 6.54. The molecule has 2 N–H and O–H groups in total. The van der Waals surface area contributed by atoms with Gasteiger partial charge in [-0.3, -0.25) is 9.59 Å². The van der Waals surface area contributed by atoms with E-state index in [1.165, 1.54) is 13.1 Å². The van der Waals surface area contributed by atoms with Crippen LogP contribution in [0.4, 0.5) is 5.69 Å². The van der Waals surface area contributed by atoms with Gasteiger partial charge in [0.05, 0.1) is 29.6 Å². The Balaban J connectivity index is 2.02. The lowest BCUT2D eigenvalue weighted by atomic mass is 10.1. The number of ether oxygens (including phenoxy) is 2. The zero-order valence-electron chi connectivity index (χ0n) is 17.6. The van der Waals surface area contributed by atoms with Crippen LogP contribution in [0.2, 0.25) is 0 Å². The number of para-hydroxylation sites is 1. The van der Waals surface area contributed by atoms with Crippen LogP contribution in [0.25, 0.3) is 0 Å². The number of hydrazone groups is 1. The first-order valence-electron chi connectivity index (χ1n) is 9.84. The molecule has 9 heteroatoms. The van der Waals surface area contributed by atoms with E-state index in [9.17, 15) is 9.59 Å². The van der Waals surface area contributed by atoms with Gasteiger partial charge in [0.1, 0.15) is 5.92 Å². The molecule has 0 aliphatic rings. The summed E-state index contributed by atoms with van der Waals surface area (Å²) in [6.45, 7) is 6.48. The Labute approximate surface area is 198 Å². The molecule has 7 nitrogen and oxygen atoms in total. The van der Waals surface area contributed by atoms with E-state index >= 15 is 0 Å². The standard InChI is InChI=1S/C22H25Br2N3O4/c1-4-10-31-20-17(24)11-15(12-19(20)30-5-2)13-25-27-22(29)14(3)21(28)26-18-9-7-6-8-16(18)23/h6-9,11-14H,4-5,10H2,1-3H3,(H,26,28)(H,27,29). The fourth-order valence-corrected chi connectivity index (χ4v) is 3.42. The maximum atomic E-state index is 12.3. The molecule has 2 amide bonds. The van der Waals surface area contributed by atoms with E-state index in [0.29, 0.717) is 36.0 Å². The Morgan fingerprint density at radius 3 is 2.52 bits per heavy atom. The molecule has 0 heterocycles. The van der Waals surface area contributed by atoms with Crippen LogP contribution in [0.1, 0.15) is 32.8 Å². The molecule has 0 aliphatic carbocycles. The predicted octanol–water partition coefficient (Wildman–Crippen LogP) is 5.12.